The molecule has 0 saturated heterocycles. The van der Waals surface area contributed by atoms with Crippen molar-refractivity contribution in [3.05, 3.63) is 29.8 Å². The van der Waals surface area contributed by atoms with Crippen LogP contribution >= 0.6 is 0 Å². The first-order valence-electron chi connectivity index (χ1n) is 4.74. The summed E-state index contributed by atoms with van der Waals surface area (Å²) in [6.07, 6.45) is 1.68. The monoisotopic (exact) mass is 212 g/mol. The van der Waals surface area contributed by atoms with Crippen LogP contribution in [0.2, 0.25) is 0 Å². The Balaban J connectivity index is 1.91. The van der Waals surface area contributed by atoms with Gasteiger partial charge in [0, 0.05) is 17.9 Å². The van der Waals surface area contributed by atoms with E-state index in [4.69, 9.17) is 4.74 Å². The van der Waals surface area contributed by atoms with Crippen molar-refractivity contribution >= 4 is 6.29 Å². The number of carbonyl (C=O) groups is 1. The molecule has 2 rings (SSSR count). The number of benzene rings is 1. The average molecular weight is 212 g/mol. The van der Waals surface area contributed by atoms with E-state index in [1.807, 2.05) is 0 Å². The van der Waals surface area contributed by atoms with E-state index >= 15 is 0 Å². The van der Waals surface area contributed by atoms with Gasteiger partial charge in [-0.2, -0.15) is 0 Å². The zero-order chi connectivity index (χ0) is 10.8. The molecule has 4 heteroatoms. The molecule has 0 aromatic heterocycles. The maximum absolute atomic E-state index is 13.1. The first-order valence-corrected chi connectivity index (χ1v) is 4.74. The van der Waals surface area contributed by atoms with E-state index in [1.54, 1.807) is 0 Å². The van der Waals surface area contributed by atoms with Crippen molar-refractivity contribution < 1.29 is 18.3 Å². The van der Waals surface area contributed by atoms with Gasteiger partial charge in [0.2, 0.25) is 0 Å². The minimum atomic E-state index is -0.710. The lowest BCUT2D eigenvalue weighted by Gasteiger charge is -2.05. The van der Waals surface area contributed by atoms with E-state index in [9.17, 15) is 13.6 Å². The number of halogens is 2. The van der Waals surface area contributed by atoms with Crippen LogP contribution in [-0.2, 0) is 4.79 Å². The molecule has 2 nitrogen and oxygen atoms in total. The summed E-state index contributed by atoms with van der Waals surface area (Å²) in [6, 6.07) is 3.17. The van der Waals surface area contributed by atoms with Crippen LogP contribution in [0.3, 0.4) is 0 Å². The Morgan fingerprint density at radius 2 is 2.27 bits per heavy atom. The zero-order valence-corrected chi connectivity index (χ0v) is 7.95. The lowest BCUT2D eigenvalue weighted by molar-refractivity contribution is -0.109. The van der Waals surface area contributed by atoms with Gasteiger partial charge < -0.3 is 9.53 Å². The maximum Gasteiger partial charge on any atom is 0.167 e. The second-order valence-corrected chi connectivity index (χ2v) is 3.68. The third-order valence-corrected chi connectivity index (χ3v) is 2.50. The van der Waals surface area contributed by atoms with Crippen molar-refractivity contribution in [2.45, 2.75) is 6.42 Å². The fourth-order valence-electron chi connectivity index (χ4n) is 1.42. The number of aldehydes is 1. The highest BCUT2D eigenvalue weighted by Gasteiger charge is 2.37. The van der Waals surface area contributed by atoms with E-state index in [-0.39, 0.29) is 17.6 Å². The van der Waals surface area contributed by atoms with Crippen LogP contribution in [-0.4, -0.2) is 12.9 Å². The Kier molecular flexibility index (Phi) is 2.66. The topological polar surface area (TPSA) is 26.3 Å². The highest BCUT2D eigenvalue weighted by Crippen LogP contribution is 2.36. The van der Waals surface area contributed by atoms with E-state index in [0.29, 0.717) is 6.61 Å². The predicted molar refractivity (Wildman–Crippen MR) is 49.5 cm³/mol. The molecule has 1 aromatic carbocycles. The average Bonchev–Trinajstić information content (AvgIpc) is 2.95. The summed E-state index contributed by atoms with van der Waals surface area (Å²) in [4.78, 5) is 10.3. The molecular weight excluding hydrogens is 202 g/mol. The number of carbonyl (C=O) groups excluding carboxylic acids is 1. The van der Waals surface area contributed by atoms with Crippen LogP contribution in [0.25, 0.3) is 0 Å². The third kappa shape index (κ3) is 2.32. The zero-order valence-electron chi connectivity index (χ0n) is 7.95. The summed E-state index contributed by atoms with van der Waals surface area (Å²) in [5, 5.41) is 0. The molecule has 1 aliphatic carbocycles. The normalized spacial score (nSPS) is 23.6. The molecule has 1 aromatic rings. The molecule has 80 valence electrons. The van der Waals surface area contributed by atoms with Crippen LogP contribution in [0.4, 0.5) is 8.78 Å². The molecule has 0 radical (unpaired) electrons. The predicted octanol–water partition coefficient (Wildman–Crippen LogP) is 2.18. The molecule has 0 N–H and O–H groups in total. The third-order valence-electron chi connectivity index (χ3n) is 2.50. The summed E-state index contributed by atoms with van der Waals surface area (Å²) in [7, 11) is 0. The number of ether oxygens (including phenoxy) is 1. The van der Waals surface area contributed by atoms with Crippen LogP contribution in [0, 0.1) is 23.5 Å². The van der Waals surface area contributed by atoms with Crippen molar-refractivity contribution in [2.24, 2.45) is 11.8 Å². The number of hydrogen-bond donors (Lipinski definition) is 0. The van der Waals surface area contributed by atoms with Crippen molar-refractivity contribution in [1.29, 1.82) is 0 Å². The summed E-state index contributed by atoms with van der Waals surface area (Å²) < 4.78 is 30.7. The summed E-state index contributed by atoms with van der Waals surface area (Å²) >= 11 is 0. The Morgan fingerprint density at radius 1 is 1.47 bits per heavy atom. The number of rotatable bonds is 4. The van der Waals surface area contributed by atoms with E-state index in [1.165, 1.54) is 6.07 Å². The van der Waals surface area contributed by atoms with Gasteiger partial charge in [0.05, 0.1) is 6.61 Å². The highest BCUT2D eigenvalue weighted by atomic mass is 19.1. The van der Waals surface area contributed by atoms with Gasteiger partial charge in [-0.15, -0.1) is 0 Å². The first-order chi connectivity index (χ1) is 7.20. The lowest BCUT2D eigenvalue weighted by atomic mass is 10.3. The summed E-state index contributed by atoms with van der Waals surface area (Å²) in [5.41, 5.74) is 0. The van der Waals surface area contributed by atoms with Crippen LogP contribution in [0.5, 0.6) is 5.75 Å². The molecule has 1 aliphatic rings. The fourth-order valence-corrected chi connectivity index (χ4v) is 1.42. The van der Waals surface area contributed by atoms with Gasteiger partial charge in [0.1, 0.15) is 12.1 Å². The Bertz CT molecular complexity index is 379. The van der Waals surface area contributed by atoms with Gasteiger partial charge in [-0.1, -0.05) is 0 Å². The van der Waals surface area contributed by atoms with E-state index < -0.39 is 11.6 Å². The summed E-state index contributed by atoms with van der Waals surface area (Å²) in [5.74, 6) is -1.07. The van der Waals surface area contributed by atoms with Gasteiger partial charge in [-0.05, 0) is 18.6 Å². The molecule has 0 spiro atoms. The van der Waals surface area contributed by atoms with Crippen LogP contribution in [0.1, 0.15) is 6.42 Å². The minimum absolute atomic E-state index is 0.0351. The molecule has 2 atom stereocenters. The van der Waals surface area contributed by atoms with Crippen LogP contribution in [0.15, 0.2) is 18.2 Å². The van der Waals surface area contributed by atoms with Crippen molar-refractivity contribution in [3.8, 4) is 5.75 Å². The Hall–Kier alpha value is -1.45. The van der Waals surface area contributed by atoms with Gasteiger partial charge in [-0.3, -0.25) is 0 Å². The molecule has 0 aliphatic heterocycles. The standard InChI is InChI=1S/C11H10F2O2/c12-9-1-2-11(10(13)4-9)15-6-8-3-7(8)5-14/h1-2,4-5,7-8H,3,6H2. The Labute approximate surface area is 85.9 Å². The van der Waals surface area contributed by atoms with Gasteiger partial charge >= 0.3 is 0 Å². The van der Waals surface area contributed by atoms with E-state index in [0.717, 1.165) is 24.8 Å². The van der Waals surface area contributed by atoms with Crippen molar-refractivity contribution in [2.75, 3.05) is 6.61 Å². The SMILES string of the molecule is O=CC1CC1COc1ccc(F)cc1F. The highest BCUT2D eigenvalue weighted by molar-refractivity contribution is 5.58. The van der Waals surface area contributed by atoms with Gasteiger partial charge in [0.25, 0.3) is 0 Å². The molecule has 1 saturated carbocycles. The largest absolute Gasteiger partial charge is 0.490 e. The van der Waals surface area contributed by atoms with E-state index in [2.05, 4.69) is 0 Å². The first kappa shape index (κ1) is 10.1. The Morgan fingerprint density at radius 3 is 2.87 bits per heavy atom. The molecule has 15 heavy (non-hydrogen) atoms. The van der Waals surface area contributed by atoms with Gasteiger partial charge in [-0.25, -0.2) is 8.78 Å². The second-order valence-electron chi connectivity index (χ2n) is 3.68. The maximum atomic E-state index is 13.1. The van der Waals surface area contributed by atoms with Crippen molar-refractivity contribution in [3.63, 3.8) is 0 Å². The van der Waals surface area contributed by atoms with Gasteiger partial charge in [0.15, 0.2) is 11.6 Å². The molecular formula is C11H10F2O2. The quantitative estimate of drug-likeness (QED) is 0.715. The molecule has 0 bridgehead atoms. The lowest BCUT2D eigenvalue weighted by Crippen LogP contribution is -2.03. The molecule has 2 unspecified atom stereocenters. The van der Waals surface area contributed by atoms with Crippen molar-refractivity contribution in [1.82, 2.24) is 0 Å². The number of hydrogen-bond acceptors (Lipinski definition) is 2. The molecule has 0 heterocycles. The smallest absolute Gasteiger partial charge is 0.167 e. The fraction of sp³-hybridized carbons (Fsp3) is 0.364. The minimum Gasteiger partial charge on any atom is -0.490 e. The second kappa shape index (κ2) is 3.96. The summed E-state index contributed by atoms with van der Waals surface area (Å²) in [6.45, 7) is 0.311. The molecule has 1 fully saturated rings. The molecule has 0 amide bonds. The van der Waals surface area contributed by atoms with Crippen LogP contribution < -0.4 is 4.74 Å².